The van der Waals surface area contributed by atoms with Crippen LogP contribution in [0.25, 0.3) is 10.9 Å². The van der Waals surface area contributed by atoms with E-state index in [0.717, 1.165) is 24.2 Å². The number of pyridine rings is 1. The maximum Gasteiger partial charge on any atom is 0.490 e. The summed E-state index contributed by atoms with van der Waals surface area (Å²) in [4.78, 5) is 13.3. The molecule has 3 rings (SSSR count). The topological polar surface area (TPSA) is 76.2 Å². The van der Waals surface area contributed by atoms with Gasteiger partial charge in [0.05, 0.1) is 5.52 Å². The standard InChI is InChI=1S/C12H12N2.C2HF3O2/c13-12-10-6-3-5-8(10)9-4-1-2-7-11(9)14-12;3-2(4,5)1(6)7/h1-2,4,7H,3,5-6H2,(H2,13,14);(H,6,7). The zero-order valence-electron chi connectivity index (χ0n) is 10.9. The number of carboxylic acid groups (broad SMARTS) is 1. The second-order valence-corrected chi connectivity index (χ2v) is 4.63. The number of hydrogen-bond acceptors (Lipinski definition) is 3. The molecule has 0 saturated carbocycles. The van der Waals surface area contributed by atoms with Crippen LogP contribution in [0.15, 0.2) is 24.3 Å². The van der Waals surface area contributed by atoms with Crippen LogP contribution in [-0.4, -0.2) is 22.2 Å². The molecule has 1 heterocycles. The number of carbonyl (C=O) groups is 1. The number of carboxylic acids is 1. The Bertz CT molecular complexity index is 684. The van der Waals surface area contributed by atoms with Crippen molar-refractivity contribution in [1.29, 1.82) is 0 Å². The highest BCUT2D eigenvalue weighted by Gasteiger charge is 2.38. The summed E-state index contributed by atoms with van der Waals surface area (Å²) in [6.45, 7) is 0. The molecule has 112 valence electrons. The molecule has 1 aromatic heterocycles. The third kappa shape index (κ3) is 3.24. The lowest BCUT2D eigenvalue weighted by molar-refractivity contribution is -0.192. The van der Waals surface area contributed by atoms with Gasteiger partial charge in [-0.2, -0.15) is 13.2 Å². The molecule has 0 amide bonds. The molecule has 1 aliphatic carbocycles. The Balaban J connectivity index is 0.000000199. The summed E-state index contributed by atoms with van der Waals surface area (Å²) in [6, 6.07) is 8.26. The zero-order valence-corrected chi connectivity index (χ0v) is 10.9. The van der Waals surface area contributed by atoms with E-state index in [9.17, 15) is 13.2 Å². The molecule has 0 atom stereocenters. The Labute approximate surface area is 118 Å². The first-order chi connectivity index (χ1) is 9.80. The van der Waals surface area contributed by atoms with Crippen LogP contribution < -0.4 is 5.73 Å². The zero-order chi connectivity index (χ0) is 15.6. The van der Waals surface area contributed by atoms with Crippen molar-refractivity contribution in [3.05, 3.63) is 35.4 Å². The monoisotopic (exact) mass is 298 g/mol. The molecule has 1 aromatic carbocycles. The average Bonchev–Trinajstić information content (AvgIpc) is 2.88. The van der Waals surface area contributed by atoms with E-state index in [1.54, 1.807) is 0 Å². The second kappa shape index (κ2) is 5.59. The first-order valence-electron chi connectivity index (χ1n) is 6.27. The minimum atomic E-state index is -5.08. The number of para-hydroxylation sites is 1. The van der Waals surface area contributed by atoms with Crippen LogP contribution in [0.2, 0.25) is 0 Å². The average molecular weight is 298 g/mol. The van der Waals surface area contributed by atoms with Gasteiger partial charge in [0.15, 0.2) is 0 Å². The van der Waals surface area contributed by atoms with Gasteiger partial charge in [-0.05, 0) is 36.5 Å². The molecule has 1 aliphatic rings. The summed E-state index contributed by atoms with van der Waals surface area (Å²) in [5.74, 6) is -2.02. The van der Waals surface area contributed by atoms with Crippen LogP contribution in [0.1, 0.15) is 17.5 Å². The van der Waals surface area contributed by atoms with Gasteiger partial charge in [-0.3, -0.25) is 0 Å². The van der Waals surface area contributed by atoms with Crippen molar-refractivity contribution in [3.8, 4) is 0 Å². The van der Waals surface area contributed by atoms with Crippen LogP contribution in [0.3, 0.4) is 0 Å². The quantitative estimate of drug-likeness (QED) is 0.784. The lowest BCUT2D eigenvalue weighted by atomic mass is 10.1. The van der Waals surface area contributed by atoms with E-state index in [2.05, 4.69) is 17.1 Å². The van der Waals surface area contributed by atoms with Crippen molar-refractivity contribution in [2.75, 3.05) is 5.73 Å². The number of halogens is 3. The van der Waals surface area contributed by atoms with Crippen LogP contribution in [0, 0.1) is 0 Å². The highest BCUT2D eigenvalue weighted by Crippen LogP contribution is 2.31. The largest absolute Gasteiger partial charge is 0.490 e. The molecule has 0 fully saturated rings. The molecule has 0 aliphatic heterocycles. The molecule has 7 heteroatoms. The summed E-state index contributed by atoms with van der Waals surface area (Å²) < 4.78 is 31.7. The molecule has 0 bridgehead atoms. The molecule has 0 saturated heterocycles. The van der Waals surface area contributed by atoms with Crippen LogP contribution in [0.5, 0.6) is 0 Å². The van der Waals surface area contributed by atoms with Crippen LogP contribution in [-0.2, 0) is 17.6 Å². The molecule has 2 aromatic rings. The number of hydrogen-bond donors (Lipinski definition) is 2. The molecular weight excluding hydrogens is 285 g/mol. The minimum Gasteiger partial charge on any atom is -0.475 e. The maximum atomic E-state index is 10.6. The smallest absolute Gasteiger partial charge is 0.475 e. The summed E-state index contributed by atoms with van der Waals surface area (Å²) in [7, 11) is 0. The van der Waals surface area contributed by atoms with Gasteiger partial charge in [0.2, 0.25) is 0 Å². The third-order valence-electron chi connectivity index (χ3n) is 3.24. The van der Waals surface area contributed by atoms with Gasteiger partial charge in [-0.25, -0.2) is 9.78 Å². The molecule has 21 heavy (non-hydrogen) atoms. The van der Waals surface area contributed by atoms with Crippen molar-refractivity contribution < 1.29 is 23.1 Å². The van der Waals surface area contributed by atoms with Gasteiger partial charge in [0.1, 0.15) is 5.82 Å². The van der Waals surface area contributed by atoms with Gasteiger partial charge >= 0.3 is 12.1 Å². The van der Waals surface area contributed by atoms with Gasteiger partial charge in [0.25, 0.3) is 0 Å². The predicted molar refractivity (Wildman–Crippen MR) is 71.9 cm³/mol. The number of benzene rings is 1. The van der Waals surface area contributed by atoms with E-state index in [-0.39, 0.29) is 0 Å². The van der Waals surface area contributed by atoms with Gasteiger partial charge in [0, 0.05) is 5.39 Å². The fourth-order valence-electron chi connectivity index (χ4n) is 2.35. The second-order valence-electron chi connectivity index (χ2n) is 4.63. The SMILES string of the molecule is Nc1nc2ccccc2c2c1CCC2.O=C(O)C(F)(F)F. The van der Waals surface area contributed by atoms with E-state index >= 15 is 0 Å². The fraction of sp³-hybridized carbons (Fsp3) is 0.286. The summed E-state index contributed by atoms with van der Waals surface area (Å²) >= 11 is 0. The van der Waals surface area contributed by atoms with E-state index < -0.39 is 12.1 Å². The van der Waals surface area contributed by atoms with Crippen LogP contribution >= 0.6 is 0 Å². The number of alkyl halides is 3. The number of nitrogens with two attached hydrogens (primary N) is 1. The number of nitrogen functional groups attached to an aromatic ring is 1. The molecule has 0 radical (unpaired) electrons. The number of nitrogens with zero attached hydrogens (tertiary/aromatic N) is 1. The molecule has 4 nitrogen and oxygen atoms in total. The van der Waals surface area contributed by atoms with E-state index in [4.69, 9.17) is 15.6 Å². The molecule has 0 unspecified atom stereocenters. The highest BCUT2D eigenvalue weighted by molar-refractivity contribution is 5.86. The lowest BCUT2D eigenvalue weighted by Gasteiger charge is -2.06. The fourth-order valence-corrected chi connectivity index (χ4v) is 2.35. The lowest BCUT2D eigenvalue weighted by Crippen LogP contribution is -2.21. The third-order valence-corrected chi connectivity index (χ3v) is 3.24. The van der Waals surface area contributed by atoms with Crippen molar-refractivity contribution in [2.45, 2.75) is 25.4 Å². The summed E-state index contributed by atoms with van der Waals surface area (Å²) in [6.07, 6.45) is -1.61. The summed E-state index contributed by atoms with van der Waals surface area (Å²) in [5.41, 5.74) is 9.67. The van der Waals surface area contributed by atoms with E-state index in [1.165, 1.54) is 22.9 Å². The number of aromatic nitrogens is 1. The number of aryl methyl sites for hydroxylation is 1. The number of rotatable bonds is 0. The molecule has 0 spiro atoms. The van der Waals surface area contributed by atoms with Crippen molar-refractivity contribution in [3.63, 3.8) is 0 Å². The Hall–Kier alpha value is -2.31. The molecular formula is C14H13F3N2O2. The molecule has 3 N–H and O–H groups in total. The maximum absolute atomic E-state index is 10.6. The first-order valence-corrected chi connectivity index (χ1v) is 6.27. The highest BCUT2D eigenvalue weighted by atomic mass is 19.4. The number of anilines is 1. The Morgan fingerprint density at radius 1 is 1.19 bits per heavy atom. The number of aliphatic carboxylic acids is 1. The summed E-state index contributed by atoms with van der Waals surface area (Å²) in [5, 5.41) is 8.41. The predicted octanol–water partition coefficient (Wildman–Crippen LogP) is 2.94. The minimum absolute atomic E-state index is 0.733. The van der Waals surface area contributed by atoms with Crippen molar-refractivity contribution in [2.24, 2.45) is 0 Å². The normalized spacial score (nSPS) is 13.5. The van der Waals surface area contributed by atoms with Crippen LogP contribution in [0.4, 0.5) is 19.0 Å². The van der Waals surface area contributed by atoms with Gasteiger partial charge in [-0.15, -0.1) is 0 Å². The van der Waals surface area contributed by atoms with E-state index in [0.29, 0.717) is 0 Å². The van der Waals surface area contributed by atoms with Crippen molar-refractivity contribution in [1.82, 2.24) is 4.98 Å². The number of fused-ring (bicyclic) bond motifs is 3. The van der Waals surface area contributed by atoms with Gasteiger partial charge in [-0.1, -0.05) is 18.2 Å². The van der Waals surface area contributed by atoms with Crippen molar-refractivity contribution >= 4 is 22.7 Å². The Morgan fingerprint density at radius 2 is 1.76 bits per heavy atom. The Kier molecular flexibility index (Phi) is 4.02. The van der Waals surface area contributed by atoms with Gasteiger partial charge < -0.3 is 10.8 Å². The Morgan fingerprint density at radius 3 is 2.38 bits per heavy atom. The first kappa shape index (κ1) is 15.1. The van der Waals surface area contributed by atoms with E-state index in [1.807, 2.05) is 12.1 Å².